The molecule has 0 spiro atoms. The summed E-state index contributed by atoms with van der Waals surface area (Å²) in [6, 6.07) is 10.1. The number of methoxy groups -OCH3 is 1. The lowest BCUT2D eigenvalue weighted by atomic mass is 9.91. The topological polar surface area (TPSA) is 59.7 Å². The normalized spacial score (nSPS) is 17.1. The Balaban J connectivity index is 1.44. The van der Waals surface area contributed by atoms with Gasteiger partial charge in [-0.25, -0.2) is 9.97 Å². The van der Waals surface area contributed by atoms with Crippen molar-refractivity contribution < 1.29 is 9.53 Å². The van der Waals surface area contributed by atoms with Crippen molar-refractivity contribution in [1.82, 2.24) is 19.3 Å². The third-order valence-electron chi connectivity index (χ3n) is 5.56. The Morgan fingerprint density at radius 2 is 2.21 bits per heavy atom. The van der Waals surface area contributed by atoms with Gasteiger partial charge in [0.15, 0.2) is 0 Å². The van der Waals surface area contributed by atoms with Crippen LogP contribution in [0.1, 0.15) is 41.0 Å². The van der Waals surface area contributed by atoms with E-state index in [1.807, 2.05) is 36.2 Å². The molecule has 1 saturated heterocycles. The van der Waals surface area contributed by atoms with Crippen LogP contribution < -0.4 is 4.74 Å². The lowest BCUT2D eigenvalue weighted by molar-refractivity contribution is 0.0660. The van der Waals surface area contributed by atoms with E-state index in [0.717, 1.165) is 43.8 Å². The molecule has 3 heterocycles. The number of nitrogens with zero attached hydrogens (tertiary/aromatic N) is 4. The lowest BCUT2D eigenvalue weighted by Gasteiger charge is -2.33. The molecule has 1 aromatic carbocycles. The molecule has 1 aliphatic heterocycles. The first-order valence-electron chi connectivity index (χ1n) is 9.87. The summed E-state index contributed by atoms with van der Waals surface area (Å²) in [5.74, 6) is 2.05. The zero-order chi connectivity index (χ0) is 19.5. The van der Waals surface area contributed by atoms with E-state index in [9.17, 15) is 4.79 Å². The van der Waals surface area contributed by atoms with Crippen molar-refractivity contribution in [3.8, 4) is 5.75 Å². The smallest absolute Gasteiger partial charge is 0.272 e. The van der Waals surface area contributed by atoms with Gasteiger partial charge >= 0.3 is 0 Å². The molecule has 2 aromatic heterocycles. The molecule has 0 saturated carbocycles. The molecule has 0 radical (unpaired) electrons. The number of carbonyl (C=O) groups is 1. The van der Waals surface area contributed by atoms with Gasteiger partial charge < -0.3 is 9.64 Å². The fourth-order valence-corrected chi connectivity index (χ4v) is 4.09. The van der Waals surface area contributed by atoms with Crippen molar-refractivity contribution in [2.24, 2.45) is 5.92 Å². The number of rotatable bonds is 5. The number of carbonyl (C=O) groups excluding carboxylic acids is 1. The Morgan fingerprint density at radius 3 is 3.07 bits per heavy atom. The van der Waals surface area contributed by atoms with Crippen molar-refractivity contribution in [3.05, 3.63) is 59.7 Å². The molecule has 146 valence electrons. The summed E-state index contributed by atoms with van der Waals surface area (Å²) in [6.45, 7) is 3.49. The van der Waals surface area contributed by atoms with E-state index in [1.54, 1.807) is 17.7 Å². The number of hydrogen-bond donors (Lipinski definition) is 0. The number of benzene rings is 1. The number of aryl methyl sites for hydroxylation is 2. The Bertz CT molecular complexity index is 982. The van der Waals surface area contributed by atoms with Crippen LogP contribution in [0, 0.1) is 12.8 Å². The fraction of sp³-hybridized carbons (Fsp3) is 0.409. The first-order chi connectivity index (χ1) is 13.7. The van der Waals surface area contributed by atoms with Gasteiger partial charge in [-0.1, -0.05) is 12.1 Å². The molecule has 0 bridgehead atoms. The van der Waals surface area contributed by atoms with Gasteiger partial charge in [-0.3, -0.25) is 9.20 Å². The lowest BCUT2D eigenvalue weighted by Crippen LogP contribution is -2.40. The predicted molar refractivity (Wildman–Crippen MR) is 108 cm³/mol. The highest BCUT2D eigenvalue weighted by Gasteiger charge is 2.27. The standard InChI is InChI=1S/C22H26N4O2/c1-16-20(26-13-5-11-23-22(26)24-16)21(27)25-12-4-7-18(15-25)10-9-17-6-3-8-19(14-17)28-2/h3,5-6,8,11,13-14,18H,4,7,9-10,12,15H2,1-2H3/t18-/m0/s1. The second-order valence-corrected chi connectivity index (χ2v) is 7.49. The number of ether oxygens (including phenoxy) is 1. The van der Waals surface area contributed by atoms with Gasteiger partial charge in [0.05, 0.1) is 12.8 Å². The third-order valence-corrected chi connectivity index (χ3v) is 5.56. The highest BCUT2D eigenvalue weighted by Crippen LogP contribution is 2.25. The molecule has 28 heavy (non-hydrogen) atoms. The van der Waals surface area contributed by atoms with Crippen molar-refractivity contribution >= 4 is 11.7 Å². The fourth-order valence-electron chi connectivity index (χ4n) is 4.09. The van der Waals surface area contributed by atoms with E-state index in [4.69, 9.17) is 4.74 Å². The van der Waals surface area contributed by atoms with Crippen LogP contribution >= 0.6 is 0 Å². The van der Waals surface area contributed by atoms with Crippen molar-refractivity contribution in [3.63, 3.8) is 0 Å². The molecule has 1 aliphatic rings. The summed E-state index contributed by atoms with van der Waals surface area (Å²) < 4.78 is 7.12. The van der Waals surface area contributed by atoms with Crippen LogP contribution in [0.5, 0.6) is 5.75 Å². The Labute approximate surface area is 165 Å². The number of aromatic nitrogens is 3. The minimum absolute atomic E-state index is 0.0593. The number of amides is 1. The summed E-state index contributed by atoms with van der Waals surface area (Å²) >= 11 is 0. The first-order valence-corrected chi connectivity index (χ1v) is 9.87. The van der Waals surface area contributed by atoms with Gasteiger partial charge in [0.2, 0.25) is 5.78 Å². The maximum absolute atomic E-state index is 13.2. The van der Waals surface area contributed by atoms with Gasteiger partial charge in [-0.2, -0.15) is 0 Å². The molecule has 6 heteroatoms. The van der Waals surface area contributed by atoms with E-state index in [2.05, 4.69) is 22.1 Å². The summed E-state index contributed by atoms with van der Waals surface area (Å²) in [6.07, 6.45) is 7.85. The van der Waals surface area contributed by atoms with Crippen LogP contribution in [-0.2, 0) is 6.42 Å². The minimum Gasteiger partial charge on any atom is -0.497 e. The molecule has 0 N–H and O–H groups in total. The van der Waals surface area contributed by atoms with E-state index >= 15 is 0 Å². The van der Waals surface area contributed by atoms with Crippen LogP contribution in [0.2, 0.25) is 0 Å². The molecular weight excluding hydrogens is 352 g/mol. The zero-order valence-electron chi connectivity index (χ0n) is 16.5. The maximum Gasteiger partial charge on any atom is 0.272 e. The monoisotopic (exact) mass is 378 g/mol. The van der Waals surface area contributed by atoms with Gasteiger partial charge in [0.25, 0.3) is 5.91 Å². The number of likely N-dealkylation sites (tertiary alicyclic amines) is 1. The molecular formula is C22H26N4O2. The van der Waals surface area contributed by atoms with Crippen molar-refractivity contribution in [2.45, 2.75) is 32.6 Å². The molecule has 6 nitrogen and oxygen atoms in total. The SMILES string of the molecule is COc1cccc(CC[C@@H]2CCCN(C(=O)c3c(C)nc4ncccn34)C2)c1. The summed E-state index contributed by atoms with van der Waals surface area (Å²) in [5.41, 5.74) is 2.66. The maximum atomic E-state index is 13.2. The quantitative estimate of drug-likeness (QED) is 0.681. The molecule has 1 amide bonds. The summed E-state index contributed by atoms with van der Waals surface area (Å²) in [5, 5.41) is 0. The van der Waals surface area contributed by atoms with Crippen LogP contribution in [0.25, 0.3) is 5.78 Å². The Hall–Kier alpha value is -2.89. The second-order valence-electron chi connectivity index (χ2n) is 7.49. The van der Waals surface area contributed by atoms with Crippen LogP contribution in [0.3, 0.4) is 0 Å². The highest BCUT2D eigenvalue weighted by molar-refractivity contribution is 5.94. The molecule has 1 atom stereocenters. The van der Waals surface area contributed by atoms with Gasteiger partial charge in [0, 0.05) is 25.5 Å². The molecule has 0 aliphatic carbocycles. The first kappa shape index (κ1) is 18.5. The Morgan fingerprint density at radius 1 is 1.32 bits per heavy atom. The number of imidazole rings is 1. The second kappa shape index (κ2) is 8.00. The van der Waals surface area contributed by atoms with E-state index < -0.39 is 0 Å². The largest absolute Gasteiger partial charge is 0.497 e. The Kier molecular flexibility index (Phi) is 5.28. The van der Waals surface area contributed by atoms with Crippen LogP contribution in [0.15, 0.2) is 42.7 Å². The third kappa shape index (κ3) is 3.72. The number of hydrogen-bond acceptors (Lipinski definition) is 4. The molecule has 1 fully saturated rings. The highest BCUT2D eigenvalue weighted by atomic mass is 16.5. The number of fused-ring (bicyclic) bond motifs is 1. The zero-order valence-corrected chi connectivity index (χ0v) is 16.5. The van der Waals surface area contributed by atoms with Crippen molar-refractivity contribution in [1.29, 1.82) is 0 Å². The number of piperidine rings is 1. The minimum atomic E-state index is 0.0593. The average Bonchev–Trinajstić information content (AvgIpc) is 3.07. The van der Waals surface area contributed by atoms with Gasteiger partial charge in [-0.05, 0) is 62.3 Å². The molecule has 0 unspecified atom stereocenters. The van der Waals surface area contributed by atoms with E-state index in [1.165, 1.54) is 12.0 Å². The predicted octanol–water partition coefficient (Wildman–Crippen LogP) is 3.53. The van der Waals surface area contributed by atoms with E-state index in [-0.39, 0.29) is 5.91 Å². The summed E-state index contributed by atoms with van der Waals surface area (Å²) in [4.78, 5) is 23.9. The van der Waals surface area contributed by atoms with Gasteiger partial charge in [-0.15, -0.1) is 0 Å². The van der Waals surface area contributed by atoms with Gasteiger partial charge in [0.1, 0.15) is 11.4 Å². The molecule has 4 rings (SSSR count). The summed E-state index contributed by atoms with van der Waals surface area (Å²) in [7, 11) is 1.70. The van der Waals surface area contributed by atoms with Crippen LogP contribution in [-0.4, -0.2) is 45.4 Å². The van der Waals surface area contributed by atoms with E-state index in [0.29, 0.717) is 17.4 Å². The molecule has 3 aromatic rings. The van der Waals surface area contributed by atoms with Crippen LogP contribution in [0.4, 0.5) is 0 Å². The van der Waals surface area contributed by atoms with Crippen molar-refractivity contribution in [2.75, 3.05) is 20.2 Å². The average molecular weight is 378 g/mol.